The zero-order chi connectivity index (χ0) is 60.0. The highest BCUT2D eigenvalue weighted by atomic mass is 16.6. The van der Waals surface area contributed by atoms with E-state index in [1.165, 1.54) is 25.4 Å². The molecule has 0 aliphatic carbocycles. The Hall–Kier alpha value is -9.00. The van der Waals surface area contributed by atoms with E-state index in [9.17, 15) is 44.0 Å². The van der Waals surface area contributed by atoms with Crippen LogP contribution in [0.25, 0.3) is 0 Å². The molecule has 3 atom stereocenters. The fraction of sp³-hybridized carbons (Fsp3) is 0.379. The number of carboxylic acid groups (broad SMARTS) is 3. The minimum atomic E-state index is -1.25. The van der Waals surface area contributed by atoms with Crippen molar-refractivity contribution in [2.75, 3.05) is 41.2 Å². The molecule has 6 rings (SSSR count). The van der Waals surface area contributed by atoms with Crippen LogP contribution in [0, 0.1) is 10.1 Å². The summed E-state index contributed by atoms with van der Waals surface area (Å²) in [6, 6.07) is 29.1. The molecule has 0 aliphatic rings. The lowest BCUT2D eigenvalue weighted by atomic mass is 10.1. The SMILES string of the molecule is CCC(NC(=O)O)c1c(OCc2ccccc2)c(=O)c(C[N+](=O)[O-])cn1CCOC.CCC(NC(=O)O)c1c(OCc2ccccc2)c(=O)ccn1CCOC.CCC(NC(=O)O)c1c(OCc2ccccc2)c(=O)ccn1CCOC. The molecule has 0 saturated carbocycles. The molecule has 0 bridgehead atoms. The lowest BCUT2D eigenvalue weighted by Crippen LogP contribution is -2.32. The summed E-state index contributed by atoms with van der Waals surface area (Å²) < 4.78 is 38.0. The molecule has 24 heteroatoms. The van der Waals surface area contributed by atoms with Gasteiger partial charge in [-0.25, -0.2) is 14.4 Å². The van der Waals surface area contributed by atoms with Gasteiger partial charge in [0, 0.05) is 76.6 Å². The first kappa shape index (κ1) is 65.5. The Morgan fingerprint density at radius 1 is 0.512 bits per heavy atom. The molecule has 3 aromatic carbocycles. The van der Waals surface area contributed by atoms with Crippen LogP contribution in [0.15, 0.2) is 136 Å². The van der Waals surface area contributed by atoms with Crippen LogP contribution in [0.3, 0.4) is 0 Å². The first-order valence-corrected chi connectivity index (χ1v) is 26.3. The summed E-state index contributed by atoms with van der Waals surface area (Å²) in [5, 5.41) is 45.9. The fourth-order valence-electron chi connectivity index (χ4n) is 8.48. The molecule has 0 fully saturated rings. The van der Waals surface area contributed by atoms with Crippen LogP contribution in [0.5, 0.6) is 17.2 Å². The summed E-state index contributed by atoms with van der Waals surface area (Å²) in [6.07, 6.45) is 2.39. The van der Waals surface area contributed by atoms with Crippen LogP contribution in [0.4, 0.5) is 14.4 Å². The molecular weight excluding hydrogens is 1070 g/mol. The largest absolute Gasteiger partial charge is 0.483 e. The van der Waals surface area contributed by atoms with Gasteiger partial charge in [-0.1, -0.05) is 112 Å². The number of benzene rings is 3. The number of aromatic nitrogens is 3. The van der Waals surface area contributed by atoms with Crippen molar-refractivity contribution in [2.45, 2.75) is 104 Å². The second-order valence-electron chi connectivity index (χ2n) is 18.1. The van der Waals surface area contributed by atoms with Gasteiger partial charge < -0.3 is 73.4 Å². The van der Waals surface area contributed by atoms with Crippen LogP contribution in [-0.4, -0.2) is 93.4 Å². The van der Waals surface area contributed by atoms with Gasteiger partial charge in [-0.2, -0.15) is 0 Å². The molecule has 82 heavy (non-hydrogen) atoms. The smallest absolute Gasteiger partial charge is 0.405 e. The van der Waals surface area contributed by atoms with E-state index in [-0.39, 0.29) is 66.6 Å². The molecule has 3 aromatic heterocycles. The van der Waals surface area contributed by atoms with Gasteiger partial charge in [0.15, 0.2) is 17.2 Å². The third kappa shape index (κ3) is 20.6. The van der Waals surface area contributed by atoms with Crippen LogP contribution >= 0.6 is 0 Å². The quantitative estimate of drug-likeness (QED) is 0.0191. The van der Waals surface area contributed by atoms with Gasteiger partial charge in [-0.05, 0) is 36.0 Å². The van der Waals surface area contributed by atoms with E-state index >= 15 is 0 Å². The summed E-state index contributed by atoms with van der Waals surface area (Å²) in [6.45, 7) is 7.62. The number of nitrogens with one attached hydrogen (secondary N) is 3. The van der Waals surface area contributed by atoms with Crippen molar-refractivity contribution >= 4 is 18.3 Å². The average Bonchev–Trinajstić information content (AvgIpc) is 3.10. The third-order valence-electron chi connectivity index (χ3n) is 12.4. The molecule has 0 spiro atoms. The first-order valence-electron chi connectivity index (χ1n) is 26.3. The molecule has 0 saturated heterocycles. The summed E-state index contributed by atoms with van der Waals surface area (Å²) in [5.41, 5.74) is 2.73. The third-order valence-corrected chi connectivity index (χ3v) is 12.4. The molecule has 0 aliphatic heterocycles. The zero-order valence-corrected chi connectivity index (χ0v) is 46.8. The van der Waals surface area contributed by atoms with Gasteiger partial charge in [0.1, 0.15) is 19.8 Å². The number of hydrogen-bond acceptors (Lipinski definition) is 14. The van der Waals surface area contributed by atoms with Gasteiger partial charge in [0.05, 0.1) is 60.6 Å². The highest BCUT2D eigenvalue weighted by molar-refractivity contribution is 5.66. The predicted octanol–water partition coefficient (Wildman–Crippen LogP) is 8.15. The molecule has 6 N–H and O–H groups in total. The van der Waals surface area contributed by atoms with Crippen LogP contribution in [-0.2, 0) is 60.2 Å². The van der Waals surface area contributed by atoms with Gasteiger partial charge in [-0.15, -0.1) is 0 Å². The highest BCUT2D eigenvalue weighted by Gasteiger charge is 2.28. The average molecular weight is 1140 g/mol. The Kier molecular flexibility index (Phi) is 27.9. The van der Waals surface area contributed by atoms with Gasteiger partial charge >= 0.3 is 18.3 Å². The van der Waals surface area contributed by atoms with E-state index in [1.807, 2.05) is 105 Å². The van der Waals surface area contributed by atoms with Gasteiger partial charge in [0.25, 0.3) is 0 Å². The van der Waals surface area contributed by atoms with Crippen molar-refractivity contribution in [3.05, 3.63) is 202 Å². The minimum Gasteiger partial charge on any atom is -0.483 e. The Morgan fingerprint density at radius 2 is 0.829 bits per heavy atom. The van der Waals surface area contributed by atoms with Gasteiger partial charge in [0.2, 0.25) is 22.8 Å². The van der Waals surface area contributed by atoms with E-state index in [2.05, 4.69) is 16.0 Å². The molecule has 6 aromatic rings. The second kappa shape index (κ2) is 34.9. The summed E-state index contributed by atoms with van der Waals surface area (Å²) in [7, 11) is 4.67. The topological polar surface area (TPSA) is 313 Å². The van der Waals surface area contributed by atoms with Crippen LogP contribution in [0.1, 0.15) is 97.5 Å². The minimum absolute atomic E-state index is 0.0481. The molecule has 3 amide bonds. The van der Waals surface area contributed by atoms with Gasteiger partial charge in [-0.3, -0.25) is 24.5 Å². The van der Waals surface area contributed by atoms with E-state index in [1.54, 1.807) is 47.2 Å². The van der Waals surface area contributed by atoms with Crippen molar-refractivity contribution in [1.82, 2.24) is 29.7 Å². The Balaban J connectivity index is 0.000000265. The summed E-state index contributed by atoms with van der Waals surface area (Å²) in [5.74, 6) is 0.219. The maximum atomic E-state index is 13.0. The standard InChI is InChI=1S/C20H25N3O7.2C19H24N2O5/c1-3-16(21-20(25)26)17-19(30-13-14-7-5-4-6-8-14)18(24)15(12-23(27)28)11-22(17)9-10-29-2;2*1-3-15(20-19(23)24)17-18(26-13-14-7-5-4-6-8-14)16(22)9-10-21(17)11-12-25-2/h4-8,11,16,21H,3,9-10,12-13H2,1-2H3,(H,25,26);2*4-10,15,20H,3,11-13H2,1-2H3,(H,23,24). The molecule has 3 unspecified atom stereocenters. The Morgan fingerprint density at radius 3 is 1.13 bits per heavy atom. The molecule has 0 radical (unpaired) electrons. The number of methoxy groups -OCH3 is 3. The maximum absolute atomic E-state index is 13.0. The number of nitro groups is 1. The van der Waals surface area contributed by atoms with Crippen molar-refractivity contribution < 1.29 is 63.0 Å². The number of pyridine rings is 3. The monoisotopic (exact) mass is 1140 g/mol. The molecular formula is C58H73N7O17. The number of nitrogens with zero attached hydrogens (tertiary/aromatic N) is 4. The predicted molar refractivity (Wildman–Crippen MR) is 303 cm³/mol. The van der Waals surface area contributed by atoms with Crippen molar-refractivity contribution in [3.63, 3.8) is 0 Å². The van der Waals surface area contributed by atoms with Crippen molar-refractivity contribution in [1.29, 1.82) is 0 Å². The normalized spacial score (nSPS) is 11.7. The maximum Gasteiger partial charge on any atom is 0.405 e. The highest BCUT2D eigenvalue weighted by Crippen LogP contribution is 2.29. The van der Waals surface area contributed by atoms with Crippen molar-refractivity contribution in [3.8, 4) is 17.2 Å². The second-order valence-corrected chi connectivity index (χ2v) is 18.1. The van der Waals surface area contributed by atoms with E-state index in [4.69, 9.17) is 38.6 Å². The molecule has 3 heterocycles. The number of amides is 3. The first-order chi connectivity index (χ1) is 39.5. The number of ether oxygens (including phenoxy) is 6. The summed E-state index contributed by atoms with van der Waals surface area (Å²) in [4.78, 5) is 82.1. The van der Waals surface area contributed by atoms with E-state index in [0.717, 1.165) is 16.7 Å². The lowest BCUT2D eigenvalue weighted by Gasteiger charge is -2.24. The fourth-order valence-corrected chi connectivity index (χ4v) is 8.48. The number of rotatable bonds is 29. The zero-order valence-electron chi connectivity index (χ0n) is 46.8. The Bertz CT molecular complexity index is 3000. The lowest BCUT2D eigenvalue weighted by molar-refractivity contribution is -0.497. The van der Waals surface area contributed by atoms with Crippen LogP contribution in [0.2, 0.25) is 0 Å². The molecule has 24 nitrogen and oxygen atoms in total. The summed E-state index contributed by atoms with van der Waals surface area (Å²) >= 11 is 0. The Labute approximate surface area is 473 Å². The van der Waals surface area contributed by atoms with E-state index < -0.39 is 53.3 Å². The van der Waals surface area contributed by atoms with Crippen LogP contribution < -0.4 is 46.4 Å². The number of carbonyl (C=O) groups is 3. The van der Waals surface area contributed by atoms with E-state index in [0.29, 0.717) is 62.6 Å². The number of hydrogen-bond donors (Lipinski definition) is 6. The molecule has 442 valence electrons. The van der Waals surface area contributed by atoms with Crippen molar-refractivity contribution in [2.24, 2.45) is 0 Å².